The first-order valence-electron chi connectivity index (χ1n) is 6.96. The second-order valence-corrected chi connectivity index (χ2v) is 5.70. The van der Waals surface area contributed by atoms with Gasteiger partial charge in [-0.1, -0.05) is 23.5 Å². The minimum atomic E-state index is -0.232. The molecule has 0 unspecified atom stereocenters. The maximum atomic E-state index is 12.8. The summed E-state index contributed by atoms with van der Waals surface area (Å²) >= 11 is 1.13. The number of aryl methyl sites for hydroxylation is 2. The minimum absolute atomic E-state index is 0.0364. The highest BCUT2D eigenvalue weighted by atomic mass is 32.1. The molecule has 0 fully saturated rings. The van der Waals surface area contributed by atoms with Crippen LogP contribution in [0.2, 0.25) is 0 Å². The summed E-state index contributed by atoms with van der Waals surface area (Å²) < 4.78 is 16.6. The molecule has 0 aliphatic carbocycles. The van der Waals surface area contributed by atoms with Crippen LogP contribution in [0.5, 0.6) is 0 Å². The van der Waals surface area contributed by atoms with Crippen molar-refractivity contribution in [3.63, 3.8) is 0 Å². The lowest BCUT2D eigenvalue weighted by Crippen LogP contribution is -2.32. The van der Waals surface area contributed by atoms with Crippen molar-refractivity contribution < 1.29 is 9.18 Å². The fourth-order valence-corrected chi connectivity index (χ4v) is 2.66. The predicted octanol–water partition coefficient (Wildman–Crippen LogP) is 2.99. The van der Waals surface area contributed by atoms with Gasteiger partial charge in [-0.2, -0.15) is 0 Å². The van der Waals surface area contributed by atoms with Crippen molar-refractivity contribution in [2.75, 3.05) is 0 Å². The molecule has 0 saturated heterocycles. The number of benzene rings is 1. The number of carbonyl (C=O) groups excluding carboxylic acids is 1. The highest BCUT2D eigenvalue weighted by molar-refractivity contribution is 7.08. The highest BCUT2D eigenvalue weighted by Crippen LogP contribution is 2.12. The first kappa shape index (κ1) is 15.6. The minimum Gasteiger partial charge on any atom is -0.349 e. The average Bonchev–Trinajstić information content (AvgIpc) is 2.95. The molecule has 1 aromatic heterocycles. The van der Waals surface area contributed by atoms with E-state index >= 15 is 0 Å². The van der Waals surface area contributed by atoms with E-state index in [1.165, 1.54) is 12.1 Å². The molecule has 1 heterocycles. The standard InChI is InChI=1S/C15H18FN3OS/c1-3-13-14(21-19-18-13)15(20)17-10(2)4-5-11-6-8-12(16)9-7-11/h6-10H,3-5H2,1-2H3,(H,17,20)/t10-/m0/s1. The number of hydrogen-bond acceptors (Lipinski definition) is 4. The molecule has 1 amide bonds. The summed E-state index contributed by atoms with van der Waals surface area (Å²) in [5.74, 6) is -0.349. The van der Waals surface area contributed by atoms with Crippen LogP contribution in [-0.2, 0) is 12.8 Å². The van der Waals surface area contributed by atoms with E-state index in [9.17, 15) is 9.18 Å². The summed E-state index contributed by atoms with van der Waals surface area (Å²) in [5.41, 5.74) is 1.80. The number of hydrogen-bond donors (Lipinski definition) is 1. The van der Waals surface area contributed by atoms with Gasteiger partial charge >= 0.3 is 0 Å². The van der Waals surface area contributed by atoms with Crippen LogP contribution in [-0.4, -0.2) is 21.5 Å². The molecule has 0 bridgehead atoms. The number of carbonyl (C=O) groups is 1. The summed E-state index contributed by atoms with van der Waals surface area (Å²) in [6.45, 7) is 3.91. The third kappa shape index (κ3) is 4.32. The molecule has 0 spiro atoms. The van der Waals surface area contributed by atoms with Gasteiger partial charge < -0.3 is 5.32 Å². The van der Waals surface area contributed by atoms with Gasteiger partial charge in [-0.3, -0.25) is 4.79 Å². The Morgan fingerprint density at radius 1 is 1.38 bits per heavy atom. The van der Waals surface area contributed by atoms with Crippen molar-refractivity contribution in [2.24, 2.45) is 0 Å². The van der Waals surface area contributed by atoms with E-state index in [4.69, 9.17) is 0 Å². The van der Waals surface area contributed by atoms with Crippen LogP contribution in [0.3, 0.4) is 0 Å². The Kier molecular flexibility index (Phi) is 5.38. The molecule has 4 nitrogen and oxygen atoms in total. The normalized spacial score (nSPS) is 12.1. The van der Waals surface area contributed by atoms with Gasteiger partial charge in [0.2, 0.25) is 0 Å². The number of halogens is 1. The van der Waals surface area contributed by atoms with Crippen LogP contribution in [0.4, 0.5) is 4.39 Å². The Hall–Kier alpha value is -1.82. The SMILES string of the molecule is CCc1nnsc1C(=O)N[C@@H](C)CCc1ccc(F)cc1. The van der Waals surface area contributed by atoms with E-state index in [1.807, 2.05) is 13.8 Å². The van der Waals surface area contributed by atoms with Gasteiger partial charge in [-0.15, -0.1) is 5.10 Å². The van der Waals surface area contributed by atoms with E-state index < -0.39 is 0 Å². The van der Waals surface area contributed by atoms with Crippen molar-refractivity contribution >= 4 is 17.4 Å². The zero-order chi connectivity index (χ0) is 15.2. The largest absolute Gasteiger partial charge is 0.349 e. The van der Waals surface area contributed by atoms with Crippen LogP contribution in [0.1, 0.15) is 41.2 Å². The Balaban J connectivity index is 1.85. The second kappa shape index (κ2) is 7.26. The zero-order valence-electron chi connectivity index (χ0n) is 12.1. The maximum absolute atomic E-state index is 12.8. The van der Waals surface area contributed by atoms with E-state index in [2.05, 4.69) is 14.9 Å². The molecular formula is C15H18FN3OS. The summed E-state index contributed by atoms with van der Waals surface area (Å²) in [7, 11) is 0. The summed E-state index contributed by atoms with van der Waals surface area (Å²) in [6, 6.07) is 6.48. The molecule has 1 N–H and O–H groups in total. The van der Waals surface area contributed by atoms with Crippen molar-refractivity contribution in [3.8, 4) is 0 Å². The molecule has 1 aromatic carbocycles. The smallest absolute Gasteiger partial charge is 0.265 e. The maximum Gasteiger partial charge on any atom is 0.265 e. The number of aromatic nitrogens is 2. The van der Waals surface area contributed by atoms with Crippen molar-refractivity contribution in [2.45, 2.75) is 39.2 Å². The molecule has 21 heavy (non-hydrogen) atoms. The van der Waals surface area contributed by atoms with Gasteiger partial charge in [-0.25, -0.2) is 4.39 Å². The first-order valence-corrected chi connectivity index (χ1v) is 7.74. The van der Waals surface area contributed by atoms with Crippen LogP contribution >= 0.6 is 11.5 Å². The monoisotopic (exact) mass is 307 g/mol. The molecule has 0 saturated carbocycles. The quantitative estimate of drug-likeness (QED) is 0.892. The van der Waals surface area contributed by atoms with E-state index in [-0.39, 0.29) is 17.8 Å². The van der Waals surface area contributed by atoms with Gasteiger partial charge in [0.25, 0.3) is 5.91 Å². The average molecular weight is 307 g/mol. The molecule has 0 aliphatic heterocycles. The molecular weight excluding hydrogens is 289 g/mol. The van der Waals surface area contributed by atoms with E-state index in [0.717, 1.165) is 35.6 Å². The van der Waals surface area contributed by atoms with Gasteiger partial charge in [-0.05, 0) is 55.4 Å². The predicted molar refractivity (Wildman–Crippen MR) is 80.9 cm³/mol. The third-order valence-corrected chi connectivity index (χ3v) is 4.02. The van der Waals surface area contributed by atoms with Crippen molar-refractivity contribution in [1.82, 2.24) is 14.9 Å². The van der Waals surface area contributed by atoms with Gasteiger partial charge in [0, 0.05) is 6.04 Å². The first-order chi connectivity index (χ1) is 10.1. The van der Waals surface area contributed by atoms with Crippen LogP contribution in [0, 0.1) is 5.82 Å². The number of rotatable bonds is 6. The topological polar surface area (TPSA) is 54.9 Å². The van der Waals surface area contributed by atoms with Gasteiger partial charge in [0.1, 0.15) is 10.7 Å². The Morgan fingerprint density at radius 3 is 2.76 bits per heavy atom. The molecule has 6 heteroatoms. The van der Waals surface area contributed by atoms with E-state index in [1.54, 1.807) is 12.1 Å². The lowest BCUT2D eigenvalue weighted by atomic mass is 10.1. The lowest BCUT2D eigenvalue weighted by molar-refractivity contribution is 0.0941. The van der Waals surface area contributed by atoms with Crippen LogP contribution in [0.25, 0.3) is 0 Å². The van der Waals surface area contributed by atoms with Crippen molar-refractivity contribution in [3.05, 3.63) is 46.2 Å². The molecule has 0 radical (unpaired) electrons. The van der Waals surface area contributed by atoms with Crippen LogP contribution < -0.4 is 5.32 Å². The van der Waals surface area contributed by atoms with Crippen LogP contribution in [0.15, 0.2) is 24.3 Å². The summed E-state index contributed by atoms with van der Waals surface area (Å²) in [4.78, 5) is 12.7. The third-order valence-electron chi connectivity index (χ3n) is 3.25. The lowest BCUT2D eigenvalue weighted by Gasteiger charge is -2.13. The fraction of sp³-hybridized carbons (Fsp3) is 0.400. The van der Waals surface area contributed by atoms with E-state index in [0.29, 0.717) is 11.3 Å². The summed E-state index contributed by atoms with van der Waals surface area (Å²) in [5, 5.41) is 6.89. The zero-order valence-corrected chi connectivity index (χ0v) is 12.9. The number of amides is 1. The highest BCUT2D eigenvalue weighted by Gasteiger charge is 2.16. The number of nitrogens with one attached hydrogen (secondary N) is 1. The molecule has 2 rings (SSSR count). The molecule has 1 atom stereocenters. The van der Waals surface area contributed by atoms with Gasteiger partial charge in [0.15, 0.2) is 0 Å². The fourth-order valence-electron chi connectivity index (χ4n) is 2.01. The molecule has 112 valence electrons. The molecule has 2 aromatic rings. The second-order valence-electron chi connectivity index (χ2n) is 4.94. The van der Waals surface area contributed by atoms with Gasteiger partial charge in [0.05, 0.1) is 5.69 Å². The number of nitrogens with zero attached hydrogens (tertiary/aromatic N) is 2. The molecule has 0 aliphatic rings. The van der Waals surface area contributed by atoms with Crippen molar-refractivity contribution in [1.29, 1.82) is 0 Å². The Labute approximate surface area is 127 Å². The Morgan fingerprint density at radius 2 is 2.10 bits per heavy atom. The Bertz CT molecular complexity index is 597. The summed E-state index contributed by atoms with van der Waals surface area (Å²) in [6.07, 6.45) is 2.29.